The fourth-order valence-corrected chi connectivity index (χ4v) is 6.15. The van der Waals surface area contributed by atoms with E-state index in [0.29, 0.717) is 19.3 Å². The van der Waals surface area contributed by atoms with Crippen molar-refractivity contribution >= 4 is 21.1 Å². The Labute approximate surface area is 210 Å². The van der Waals surface area contributed by atoms with Crippen LogP contribution in [0.25, 0.3) is 22.3 Å². The predicted octanol–water partition coefficient (Wildman–Crippen LogP) is 6.69. The van der Waals surface area contributed by atoms with Crippen molar-refractivity contribution in [1.29, 1.82) is 0 Å². The van der Waals surface area contributed by atoms with Crippen molar-refractivity contribution < 1.29 is 34.8 Å². The van der Waals surface area contributed by atoms with E-state index in [2.05, 4.69) is 9.71 Å². The number of pyridine rings is 1. The lowest BCUT2D eigenvalue weighted by Gasteiger charge is -2.28. The maximum Gasteiger partial charge on any atom is 0.417 e. The van der Waals surface area contributed by atoms with Gasteiger partial charge in [0, 0.05) is 29.3 Å². The molecule has 1 atom stereocenters. The van der Waals surface area contributed by atoms with Gasteiger partial charge >= 0.3 is 6.18 Å². The maximum absolute atomic E-state index is 15.3. The van der Waals surface area contributed by atoms with Crippen LogP contribution in [0.4, 0.5) is 26.3 Å². The number of nitrogens with one attached hydrogen (secondary N) is 1. The number of halogens is 6. The van der Waals surface area contributed by atoms with Crippen LogP contribution in [0.5, 0.6) is 0 Å². The topological polar surface area (TPSA) is 64.0 Å². The van der Waals surface area contributed by atoms with Gasteiger partial charge in [0.05, 0.1) is 10.8 Å². The average molecular weight is 548 g/mol. The van der Waals surface area contributed by atoms with Gasteiger partial charge in [0.25, 0.3) is 6.43 Å². The van der Waals surface area contributed by atoms with Gasteiger partial charge in [-0.1, -0.05) is 45.4 Å². The molecule has 1 aromatic carbocycles. The van der Waals surface area contributed by atoms with Gasteiger partial charge in [0.1, 0.15) is 23.2 Å². The fraction of sp³-hybridized carbons (Fsp3) is 0.480. The molecule has 0 saturated heterocycles. The summed E-state index contributed by atoms with van der Waals surface area (Å²) in [6.45, 7) is 5.76. The highest BCUT2D eigenvalue weighted by molar-refractivity contribution is 7.90. The van der Waals surface area contributed by atoms with Crippen LogP contribution >= 0.6 is 0 Å². The lowest BCUT2D eigenvalue weighted by molar-refractivity contribution is -0.137. The van der Waals surface area contributed by atoms with Gasteiger partial charge in [-0.25, -0.2) is 31.3 Å². The highest BCUT2D eigenvalue weighted by atomic mass is 32.2. The third-order valence-electron chi connectivity index (χ3n) is 6.34. The van der Waals surface area contributed by atoms with Crippen molar-refractivity contribution in [3.63, 3.8) is 0 Å². The first-order valence-corrected chi connectivity index (χ1v) is 13.3. The molecule has 12 heteroatoms. The summed E-state index contributed by atoms with van der Waals surface area (Å²) in [5.74, 6) is -1.14. The standard InChI is InChI=1S/C25H27F6N3O2S/c1-24(2,3)13-34-12-17(21(22(27)28)33-37(35,36)14-7-6-8-14)16-11-19(26)20(32-23(16)34)15-9-4-5-10-18(15)25(29,30)31/h4-5,9-12,14,21-22,33H,6-8,13H2,1-3H3/t21-/m0/s1. The summed E-state index contributed by atoms with van der Waals surface area (Å²) >= 11 is 0. The molecule has 1 N–H and O–H groups in total. The summed E-state index contributed by atoms with van der Waals surface area (Å²) in [6, 6.07) is 3.26. The van der Waals surface area contributed by atoms with Gasteiger partial charge in [-0.05, 0) is 30.4 Å². The fourth-order valence-electron chi connectivity index (χ4n) is 4.42. The first kappa shape index (κ1) is 27.4. The van der Waals surface area contributed by atoms with E-state index < -0.39 is 62.0 Å². The molecule has 3 aromatic rings. The van der Waals surface area contributed by atoms with Crippen molar-refractivity contribution in [3.8, 4) is 11.3 Å². The van der Waals surface area contributed by atoms with Gasteiger partial charge in [-0.2, -0.15) is 13.2 Å². The lowest BCUT2D eigenvalue weighted by Crippen LogP contribution is -2.42. The van der Waals surface area contributed by atoms with Crippen LogP contribution in [0.3, 0.4) is 0 Å². The summed E-state index contributed by atoms with van der Waals surface area (Å²) in [7, 11) is -4.07. The summed E-state index contributed by atoms with van der Waals surface area (Å²) in [6.07, 6.45) is -5.28. The van der Waals surface area contributed by atoms with Gasteiger partial charge < -0.3 is 4.57 Å². The van der Waals surface area contributed by atoms with Crippen molar-refractivity contribution in [2.75, 3.05) is 0 Å². The van der Waals surface area contributed by atoms with Crippen molar-refractivity contribution in [3.05, 3.63) is 53.5 Å². The Hall–Kier alpha value is -2.60. The van der Waals surface area contributed by atoms with Crippen LogP contribution in [-0.4, -0.2) is 29.6 Å². The Bertz CT molecular complexity index is 1410. The minimum Gasteiger partial charge on any atom is -0.332 e. The lowest BCUT2D eigenvalue weighted by atomic mass is 9.97. The van der Waals surface area contributed by atoms with Crippen LogP contribution in [0.15, 0.2) is 36.5 Å². The second-order valence-electron chi connectivity index (χ2n) is 10.5. The number of aromatic nitrogens is 2. The molecule has 4 rings (SSSR count). The van der Waals surface area contributed by atoms with E-state index in [0.717, 1.165) is 18.2 Å². The van der Waals surface area contributed by atoms with Gasteiger partial charge in [-0.3, -0.25) is 0 Å². The summed E-state index contributed by atoms with van der Waals surface area (Å²) < 4.78 is 114. The molecular weight excluding hydrogens is 520 g/mol. The summed E-state index contributed by atoms with van der Waals surface area (Å²) in [5.41, 5.74) is -2.80. The molecule has 1 aliphatic rings. The highest BCUT2D eigenvalue weighted by Gasteiger charge is 2.38. The number of alkyl halides is 5. The monoisotopic (exact) mass is 547 g/mol. The van der Waals surface area contributed by atoms with E-state index >= 15 is 4.39 Å². The molecule has 2 heterocycles. The Morgan fingerprint density at radius 3 is 2.32 bits per heavy atom. The van der Waals surface area contributed by atoms with E-state index in [1.165, 1.54) is 22.9 Å². The number of rotatable bonds is 7. The Balaban J connectivity index is 1.92. The highest BCUT2D eigenvalue weighted by Crippen LogP contribution is 2.40. The largest absolute Gasteiger partial charge is 0.417 e. The van der Waals surface area contributed by atoms with Crippen molar-refractivity contribution in [2.45, 2.75) is 70.5 Å². The van der Waals surface area contributed by atoms with Gasteiger partial charge in [-0.15, -0.1) is 0 Å². The normalized spacial score (nSPS) is 16.4. The predicted molar refractivity (Wildman–Crippen MR) is 128 cm³/mol. The van der Waals surface area contributed by atoms with E-state index in [1.807, 2.05) is 20.8 Å². The zero-order valence-electron chi connectivity index (χ0n) is 20.4. The minimum atomic E-state index is -4.78. The third kappa shape index (κ3) is 5.64. The third-order valence-corrected chi connectivity index (χ3v) is 8.27. The van der Waals surface area contributed by atoms with E-state index in [9.17, 15) is 30.4 Å². The molecule has 0 unspecified atom stereocenters. The molecule has 1 saturated carbocycles. The Kier molecular flexibility index (Phi) is 7.13. The Morgan fingerprint density at radius 1 is 1.14 bits per heavy atom. The molecule has 5 nitrogen and oxygen atoms in total. The van der Waals surface area contributed by atoms with Crippen LogP contribution in [0, 0.1) is 11.2 Å². The molecule has 0 amide bonds. The second kappa shape index (κ2) is 9.61. The number of sulfonamides is 1. The van der Waals surface area contributed by atoms with Crippen LogP contribution in [0.2, 0.25) is 0 Å². The smallest absolute Gasteiger partial charge is 0.332 e. The molecular formula is C25H27F6N3O2S. The average Bonchev–Trinajstić information content (AvgIpc) is 3.04. The number of nitrogens with zero attached hydrogens (tertiary/aromatic N) is 2. The first-order valence-electron chi connectivity index (χ1n) is 11.7. The van der Waals surface area contributed by atoms with E-state index in [1.54, 1.807) is 0 Å². The molecule has 0 bridgehead atoms. The molecule has 1 aliphatic carbocycles. The van der Waals surface area contributed by atoms with Crippen LogP contribution < -0.4 is 4.72 Å². The molecule has 0 spiro atoms. The van der Waals surface area contributed by atoms with E-state index in [-0.39, 0.29) is 23.1 Å². The van der Waals surface area contributed by atoms with Crippen LogP contribution in [0.1, 0.15) is 57.2 Å². The molecule has 37 heavy (non-hydrogen) atoms. The molecule has 0 aliphatic heterocycles. The zero-order valence-corrected chi connectivity index (χ0v) is 21.2. The van der Waals surface area contributed by atoms with Crippen LogP contribution in [-0.2, 0) is 22.7 Å². The quantitative estimate of drug-likeness (QED) is 0.336. The second-order valence-corrected chi connectivity index (χ2v) is 12.5. The maximum atomic E-state index is 15.3. The van der Waals surface area contributed by atoms with Crippen molar-refractivity contribution in [2.24, 2.45) is 5.41 Å². The molecule has 1 fully saturated rings. The van der Waals surface area contributed by atoms with Gasteiger partial charge in [0.2, 0.25) is 10.0 Å². The first-order chi connectivity index (χ1) is 17.1. The number of hydrogen-bond donors (Lipinski definition) is 1. The van der Waals surface area contributed by atoms with Gasteiger partial charge in [0.15, 0.2) is 0 Å². The molecule has 202 valence electrons. The SMILES string of the molecule is CC(C)(C)Cn1cc([C@H](NS(=O)(=O)C2CCC2)C(F)F)c2cc(F)c(-c3ccccc3C(F)(F)F)nc21. The zero-order chi connectivity index (χ0) is 27.3. The Morgan fingerprint density at radius 2 is 1.78 bits per heavy atom. The molecule has 0 radical (unpaired) electrons. The minimum absolute atomic E-state index is 0.0215. The van der Waals surface area contributed by atoms with Crippen molar-refractivity contribution in [1.82, 2.24) is 14.3 Å². The van der Waals surface area contributed by atoms with E-state index in [4.69, 9.17) is 0 Å². The summed E-state index contributed by atoms with van der Waals surface area (Å²) in [5, 5.41) is -0.881. The molecule has 2 aromatic heterocycles. The summed E-state index contributed by atoms with van der Waals surface area (Å²) in [4.78, 5) is 4.19. The number of fused-ring (bicyclic) bond motifs is 1. The number of benzene rings is 1. The number of hydrogen-bond acceptors (Lipinski definition) is 3.